The van der Waals surface area contributed by atoms with Gasteiger partial charge < -0.3 is 10.1 Å². The molecule has 0 spiro atoms. The number of anilines is 1. The van der Waals surface area contributed by atoms with Gasteiger partial charge in [-0.1, -0.05) is 24.6 Å². The maximum Gasteiger partial charge on any atom is 0.258 e. The van der Waals surface area contributed by atoms with Crippen LogP contribution in [0.1, 0.15) is 18.9 Å². The molecule has 0 aliphatic carbocycles. The Balaban J connectivity index is 2.32. The van der Waals surface area contributed by atoms with Gasteiger partial charge in [-0.2, -0.15) is 4.98 Å². The first kappa shape index (κ1) is 15.5. The van der Waals surface area contributed by atoms with Gasteiger partial charge in [0.05, 0.1) is 5.02 Å². The molecule has 0 bridgehead atoms. The van der Waals surface area contributed by atoms with Crippen molar-refractivity contribution >= 4 is 17.4 Å². The minimum Gasteiger partial charge on any atom is -0.435 e. The van der Waals surface area contributed by atoms with E-state index in [0.717, 1.165) is 18.1 Å². The molecule has 0 saturated carbocycles. The SMILES string of the molecule is CCCNc1nc(Oc2cc(C)ccc2Cl)c(F)cc1F. The Morgan fingerprint density at radius 1 is 1.24 bits per heavy atom. The standard InChI is InChI=1S/C15H15ClF2N2O/c1-3-6-19-14-11(17)8-12(18)15(20-14)21-13-7-9(2)4-5-10(13)16/h4-5,7-8H,3,6H2,1-2H3,(H,19,20). The Kier molecular flexibility index (Phi) is 4.96. The molecule has 0 unspecified atom stereocenters. The van der Waals surface area contributed by atoms with Crippen molar-refractivity contribution in [1.82, 2.24) is 4.98 Å². The smallest absolute Gasteiger partial charge is 0.258 e. The summed E-state index contributed by atoms with van der Waals surface area (Å²) in [5.41, 5.74) is 0.904. The summed E-state index contributed by atoms with van der Waals surface area (Å²) in [7, 11) is 0. The number of halogens is 3. The summed E-state index contributed by atoms with van der Waals surface area (Å²) in [6, 6.07) is 5.84. The van der Waals surface area contributed by atoms with Crippen LogP contribution in [0.3, 0.4) is 0 Å². The molecular weight excluding hydrogens is 298 g/mol. The number of nitrogens with one attached hydrogen (secondary N) is 1. The first-order valence-corrected chi connectivity index (χ1v) is 6.93. The Hall–Kier alpha value is -1.88. The molecule has 1 N–H and O–H groups in total. The van der Waals surface area contributed by atoms with E-state index < -0.39 is 11.6 Å². The normalized spacial score (nSPS) is 10.5. The first-order valence-electron chi connectivity index (χ1n) is 6.55. The van der Waals surface area contributed by atoms with Crippen LogP contribution in [0.4, 0.5) is 14.6 Å². The van der Waals surface area contributed by atoms with Gasteiger partial charge in [0.2, 0.25) is 0 Å². The van der Waals surface area contributed by atoms with E-state index in [1.807, 2.05) is 13.8 Å². The minimum atomic E-state index is -0.882. The number of hydrogen-bond acceptors (Lipinski definition) is 3. The third-order valence-corrected chi connectivity index (χ3v) is 3.05. The maximum absolute atomic E-state index is 13.8. The molecule has 0 saturated heterocycles. The van der Waals surface area contributed by atoms with Crippen molar-refractivity contribution < 1.29 is 13.5 Å². The van der Waals surface area contributed by atoms with Crippen LogP contribution in [0.25, 0.3) is 0 Å². The number of aryl methyl sites for hydroxylation is 1. The summed E-state index contributed by atoms with van der Waals surface area (Å²) < 4.78 is 32.7. The highest BCUT2D eigenvalue weighted by Crippen LogP contribution is 2.31. The predicted molar refractivity (Wildman–Crippen MR) is 79.2 cm³/mol. The molecule has 21 heavy (non-hydrogen) atoms. The summed E-state index contributed by atoms with van der Waals surface area (Å²) in [5.74, 6) is -1.73. The van der Waals surface area contributed by atoms with Gasteiger partial charge >= 0.3 is 0 Å². The zero-order valence-electron chi connectivity index (χ0n) is 11.7. The third-order valence-electron chi connectivity index (χ3n) is 2.73. The molecule has 0 amide bonds. The van der Waals surface area contributed by atoms with E-state index in [1.165, 1.54) is 0 Å². The molecule has 1 heterocycles. The molecule has 112 valence electrons. The van der Waals surface area contributed by atoms with E-state index in [0.29, 0.717) is 11.6 Å². The van der Waals surface area contributed by atoms with E-state index in [1.54, 1.807) is 18.2 Å². The van der Waals surface area contributed by atoms with Gasteiger partial charge in [0, 0.05) is 12.6 Å². The zero-order chi connectivity index (χ0) is 15.4. The summed E-state index contributed by atoms with van der Waals surface area (Å²) in [4.78, 5) is 3.83. The van der Waals surface area contributed by atoms with Crippen molar-refractivity contribution in [1.29, 1.82) is 0 Å². The molecule has 3 nitrogen and oxygen atoms in total. The number of aromatic nitrogens is 1. The molecule has 6 heteroatoms. The summed E-state index contributed by atoms with van der Waals surface area (Å²) in [6.45, 7) is 4.31. The average molecular weight is 313 g/mol. The molecule has 2 rings (SSSR count). The lowest BCUT2D eigenvalue weighted by molar-refractivity contribution is 0.418. The quantitative estimate of drug-likeness (QED) is 0.849. The number of benzene rings is 1. The van der Waals surface area contributed by atoms with Crippen molar-refractivity contribution in [2.75, 3.05) is 11.9 Å². The van der Waals surface area contributed by atoms with Crippen LogP contribution in [0, 0.1) is 18.6 Å². The predicted octanol–water partition coefficient (Wildman–Crippen LogP) is 4.94. The van der Waals surface area contributed by atoms with Crippen molar-refractivity contribution in [3.05, 3.63) is 46.5 Å². The average Bonchev–Trinajstić information content (AvgIpc) is 2.44. The Morgan fingerprint density at radius 3 is 2.71 bits per heavy atom. The Bertz CT molecular complexity index is 650. The maximum atomic E-state index is 13.8. The molecular formula is C15H15ClF2N2O. The fourth-order valence-corrected chi connectivity index (χ4v) is 1.84. The van der Waals surface area contributed by atoms with Crippen LogP contribution in [0.15, 0.2) is 24.3 Å². The van der Waals surface area contributed by atoms with Gasteiger partial charge in [-0.15, -0.1) is 0 Å². The lowest BCUT2D eigenvalue weighted by atomic mass is 10.2. The Morgan fingerprint density at radius 2 is 2.00 bits per heavy atom. The summed E-state index contributed by atoms with van der Waals surface area (Å²) in [6.07, 6.45) is 0.790. The monoisotopic (exact) mass is 312 g/mol. The van der Waals surface area contributed by atoms with Gasteiger partial charge in [-0.3, -0.25) is 0 Å². The van der Waals surface area contributed by atoms with E-state index in [4.69, 9.17) is 16.3 Å². The topological polar surface area (TPSA) is 34.2 Å². The highest BCUT2D eigenvalue weighted by Gasteiger charge is 2.15. The van der Waals surface area contributed by atoms with E-state index in [-0.39, 0.29) is 17.4 Å². The van der Waals surface area contributed by atoms with Gasteiger partial charge in [0.15, 0.2) is 17.5 Å². The van der Waals surface area contributed by atoms with Crippen LogP contribution < -0.4 is 10.1 Å². The molecule has 0 radical (unpaired) electrons. The molecule has 1 aromatic heterocycles. The number of rotatable bonds is 5. The summed E-state index contributed by atoms with van der Waals surface area (Å²) >= 11 is 5.99. The first-order chi connectivity index (χ1) is 10.0. The number of pyridine rings is 1. The second kappa shape index (κ2) is 6.72. The van der Waals surface area contributed by atoms with Crippen molar-refractivity contribution in [3.63, 3.8) is 0 Å². The Labute approximate surface area is 126 Å². The molecule has 0 aliphatic rings. The van der Waals surface area contributed by atoms with Gasteiger partial charge in [0.1, 0.15) is 5.75 Å². The molecule has 0 atom stereocenters. The largest absolute Gasteiger partial charge is 0.435 e. The van der Waals surface area contributed by atoms with Gasteiger partial charge in [0.25, 0.3) is 5.88 Å². The zero-order valence-corrected chi connectivity index (χ0v) is 12.5. The minimum absolute atomic E-state index is 0.0444. The lowest BCUT2D eigenvalue weighted by Gasteiger charge is -2.11. The lowest BCUT2D eigenvalue weighted by Crippen LogP contribution is -2.06. The highest BCUT2D eigenvalue weighted by molar-refractivity contribution is 6.32. The van der Waals surface area contributed by atoms with Crippen molar-refractivity contribution in [2.45, 2.75) is 20.3 Å². The van der Waals surface area contributed by atoms with Crippen LogP contribution >= 0.6 is 11.6 Å². The molecule has 1 aromatic carbocycles. The number of nitrogens with zero attached hydrogens (tertiary/aromatic N) is 1. The third kappa shape index (κ3) is 3.82. The van der Waals surface area contributed by atoms with E-state index in [9.17, 15) is 8.78 Å². The van der Waals surface area contributed by atoms with E-state index >= 15 is 0 Å². The van der Waals surface area contributed by atoms with Crippen molar-refractivity contribution in [2.24, 2.45) is 0 Å². The van der Waals surface area contributed by atoms with Crippen LogP contribution in [0.5, 0.6) is 11.6 Å². The molecule has 0 aliphatic heterocycles. The second-order valence-corrected chi connectivity index (χ2v) is 4.98. The fourth-order valence-electron chi connectivity index (χ4n) is 1.68. The summed E-state index contributed by atoms with van der Waals surface area (Å²) in [5, 5.41) is 3.10. The van der Waals surface area contributed by atoms with Crippen LogP contribution in [-0.4, -0.2) is 11.5 Å². The number of hydrogen-bond donors (Lipinski definition) is 1. The van der Waals surface area contributed by atoms with Crippen LogP contribution in [0.2, 0.25) is 5.02 Å². The number of ether oxygens (including phenoxy) is 1. The van der Waals surface area contributed by atoms with Gasteiger partial charge in [-0.25, -0.2) is 8.78 Å². The molecule has 2 aromatic rings. The van der Waals surface area contributed by atoms with Crippen molar-refractivity contribution in [3.8, 4) is 11.6 Å². The second-order valence-electron chi connectivity index (χ2n) is 4.57. The fraction of sp³-hybridized carbons (Fsp3) is 0.267. The molecule has 0 fully saturated rings. The van der Waals surface area contributed by atoms with E-state index in [2.05, 4.69) is 10.3 Å². The van der Waals surface area contributed by atoms with Gasteiger partial charge in [-0.05, 0) is 31.0 Å². The highest BCUT2D eigenvalue weighted by atomic mass is 35.5. The van der Waals surface area contributed by atoms with Crippen LogP contribution in [-0.2, 0) is 0 Å².